The minimum atomic E-state index is -0.629. The summed E-state index contributed by atoms with van der Waals surface area (Å²) in [5, 5.41) is 21.6. The summed E-state index contributed by atoms with van der Waals surface area (Å²) < 4.78 is 0.759. The highest BCUT2D eigenvalue weighted by atomic mass is 79.9. The van der Waals surface area contributed by atoms with Gasteiger partial charge in [-0.1, -0.05) is 22.0 Å². The summed E-state index contributed by atoms with van der Waals surface area (Å²) in [5.74, 6) is -0.891. The molecule has 0 aliphatic rings. The predicted octanol–water partition coefficient (Wildman–Crippen LogP) is 2.51. The number of amides is 1. The number of aromatic nitrogens is 1. The molecular formula is C12H9BrN2O3. The van der Waals surface area contributed by atoms with E-state index >= 15 is 0 Å². The number of hydrogen-bond acceptors (Lipinski definition) is 4. The molecule has 0 saturated carbocycles. The van der Waals surface area contributed by atoms with Gasteiger partial charge in [0, 0.05) is 10.7 Å². The molecule has 0 saturated heterocycles. The van der Waals surface area contributed by atoms with E-state index in [9.17, 15) is 15.0 Å². The summed E-state index contributed by atoms with van der Waals surface area (Å²) >= 11 is 3.25. The molecule has 92 valence electrons. The molecule has 0 radical (unpaired) electrons. The van der Waals surface area contributed by atoms with Gasteiger partial charge in [-0.05, 0) is 24.3 Å². The average molecular weight is 309 g/mol. The molecule has 0 unspecified atom stereocenters. The molecule has 0 atom stereocenters. The molecule has 0 spiro atoms. The molecule has 1 aromatic heterocycles. The number of benzene rings is 1. The Balaban J connectivity index is 2.28. The average Bonchev–Trinajstić information content (AvgIpc) is 2.28. The highest BCUT2D eigenvalue weighted by molar-refractivity contribution is 9.10. The van der Waals surface area contributed by atoms with E-state index in [0.717, 1.165) is 4.47 Å². The number of carbonyl (C=O) groups is 1. The summed E-state index contributed by atoms with van der Waals surface area (Å²) in [6, 6.07) is 7.41. The fraction of sp³-hybridized carbons (Fsp3) is 0. The molecule has 1 aromatic carbocycles. The molecule has 18 heavy (non-hydrogen) atoms. The van der Waals surface area contributed by atoms with Crippen LogP contribution in [0.2, 0.25) is 0 Å². The van der Waals surface area contributed by atoms with Gasteiger partial charge in [0.2, 0.25) is 0 Å². The van der Waals surface area contributed by atoms with Crippen molar-refractivity contribution in [1.29, 1.82) is 0 Å². The van der Waals surface area contributed by atoms with E-state index < -0.39 is 5.91 Å². The van der Waals surface area contributed by atoms with Crippen molar-refractivity contribution in [3.05, 3.63) is 46.6 Å². The van der Waals surface area contributed by atoms with E-state index in [1.54, 1.807) is 12.1 Å². The fourth-order valence-electron chi connectivity index (χ4n) is 1.41. The number of nitrogens with zero attached hydrogens (tertiary/aromatic N) is 1. The molecule has 3 N–H and O–H groups in total. The second kappa shape index (κ2) is 5.05. The van der Waals surface area contributed by atoms with Crippen LogP contribution in [0.4, 0.5) is 5.82 Å². The zero-order valence-corrected chi connectivity index (χ0v) is 10.7. The van der Waals surface area contributed by atoms with Crippen LogP contribution in [0.3, 0.4) is 0 Å². The molecule has 2 aromatic rings. The Morgan fingerprint density at radius 2 is 1.89 bits per heavy atom. The number of anilines is 1. The molecule has 5 nitrogen and oxygen atoms in total. The maximum absolute atomic E-state index is 11.9. The van der Waals surface area contributed by atoms with Gasteiger partial charge >= 0.3 is 0 Å². The van der Waals surface area contributed by atoms with Crippen LogP contribution in [0.1, 0.15) is 10.4 Å². The Kier molecular flexibility index (Phi) is 3.47. The first-order valence-electron chi connectivity index (χ1n) is 5.02. The summed E-state index contributed by atoms with van der Waals surface area (Å²) in [4.78, 5) is 15.8. The van der Waals surface area contributed by atoms with Crippen molar-refractivity contribution in [3.63, 3.8) is 0 Å². The number of phenolic OH excluding ortho intramolecular Hbond substituents is 2. The monoisotopic (exact) mass is 308 g/mol. The minimum absolute atomic E-state index is 0.181. The van der Waals surface area contributed by atoms with Crippen LogP contribution in [0, 0.1) is 0 Å². The van der Waals surface area contributed by atoms with E-state index in [1.807, 2.05) is 0 Å². The highest BCUT2D eigenvalue weighted by Gasteiger charge is 2.16. The van der Waals surface area contributed by atoms with Crippen LogP contribution in [0.25, 0.3) is 0 Å². The van der Waals surface area contributed by atoms with E-state index in [4.69, 9.17) is 0 Å². The summed E-state index contributed by atoms with van der Waals surface area (Å²) in [6.45, 7) is 0. The third-order valence-electron chi connectivity index (χ3n) is 2.21. The lowest BCUT2D eigenvalue weighted by Crippen LogP contribution is -2.13. The van der Waals surface area contributed by atoms with Crippen molar-refractivity contribution in [3.8, 4) is 11.5 Å². The summed E-state index contributed by atoms with van der Waals surface area (Å²) in [5.41, 5.74) is -0.181. The standard InChI is InChI=1S/C12H9BrN2O3/c13-7-4-5-14-10(6-7)15-12(18)11-8(16)2-1-3-9(11)17/h1-6,16-17H,(H,14,15,18). The Morgan fingerprint density at radius 3 is 2.50 bits per heavy atom. The Bertz CT molecular complexity index is 581. The number of halogens is 1. The largest absolute Gasteiger partial charge is 0.507 e. The lowest BCUT2D eigenvalue weighted by molar-refractivity contribution is 0.102. The Labute approximate surface area is 111 Å². The first kappa shape index (κ1) is 12.4. The Morgan fingerprint density at radius 1 is 1.22 bits per heavy atom. The van der Waals surface area contributed by atoms with E-state index in [0.29, 0.717) is 5.82 Å². The van der Waals surface area contributed by atoms with Gasteiger partial charge in [-0.15, -0.1) is 0 Å². The van der Waals surface area contributed by atoms with Gasteiger partial charge in [-0.2, -0.15) is 0 Å². The van der Waals surface area contributed by atoms with Gasteiger partial charge in [-0.3, -0.25) is 4.79 Å². The SMILES string of the molecule is O=C(Nc1cc(Br)ccn1)c1c(O)cccc1O. The zero-order valence-electron chi connectivity index (χ0n) is 9.09. The second-order valence-electron chi connectivity index (χ2n) is 3.48. The molecule has 6 heteroatoms. The van der Waals surface area contributed by atoms with Gasteiger partial charge in [0.05, 0.1) is 0 Å². The smallest absolute Gasteiger partial charge is 0.264 e. The first-order chi connectivity index (χ1) is 8.58. The molecule has 0 aliphatic carbocycles. The number of carbonyl (C=O) groups excluding carboxylic acids is 1. The van der Waals surface area contributed by atoms with Crippen molar-refractivity contribution < 1.29 is 15.0 Å². The van der Waals surface area contributed by atoms with Gasteiger partial charge in [0.15, 0.2) is 0 Å². The van der Waals surface area contributed by atoms with Crippen molar-refractivity contribution >= 4 is 27.7 Å². The molecule has 0 bridgehead atoms. The zero-order chi connectivity index (χ0) is 13.1. The van der Waals surface area contributed by atoms with Gasteiger partial charge in [0.1, 0.15) is 22.9 Å². The summed E-state index contributed by atoms with van der Waals surface area (Å²) in [7, 11) is 0. The van der Waals surface area contributed by atoms with Crippen molar-refractivity contribution in [1.82, 2.24) is 4.98 Å². The molecule has 1 heterocycles. The van der Waals surface area contributed by atoms with Crippen LogP contribution < -0.4 is 5.32 Å². The van der Waals surface area contributed by atoms with Crippen LogP contribution in [-0.4, -0.2) is 21.1 Å². The van der Waals surface area contributed by atoms with Gasteiger partial charge < -0.3 is 15.5 Å². The number of phenols is 2. The lowest BCUT2D eigenvalue weighted by atomic mass is 10.1. The van der Waals surface area contributed by atoms with Crippen molar-refractivity contribution in [2.75, 3.05) is 5.32 Å². The van der Waals surface area contributed by atoms with Gasteiger partial charge in [-0.25, -0.2) is 4.98 Å². The maximum Gasteiger partial charge on any atom is 0.264 e. The quantitative estimate of drug-likeness (QED) is 0.796. The number of hydrogen-bond donors (Lipinski definition) is 3. The number of rotatable bonds is 2. The maximum atomic E-state index is 11.9. The lowest BCUT2D eigenvalue weighted by Gasteiger charge is -2.07. The van der Waals surface area contributed by atoms with Crippen molar-refractivity contribution in [2.24, 2.45) is 0 Å². The van der Waals surface area contributed by atoms with E-state index in [-0.39, 0.29) is 17.1 Å². The summed E-state index contributed by atoms with van der Waals surface area (Å²) in [6.07, 6.45) is 1.52. The molecule has 2 rings (SSSR count). The van der Waals surface area contributed by atoms with E-state index in [2.05, 4.69) is 26.2 Å². The number of pyridine rings is 1. The number of nitrogens with one attached hydrogen (secondary N) is 1. The van der Waals surface area contributed by atoms with Gasteiger partial charge in [0.25, 0.3) is 5.91 Å². The predicted molar refractivity (Wildman–Crippen MR) is 69.7 cm³/mol. The number of aromatic hydroxyl groups is 2. The molecule has 0 fully saturated rings. The van der Waals surface area contributed by atoms with E-state index in [1.165, 1.54) is 24.4 Å². The van der Waals surface area contributed by atoms with Crippen LogP contribution in [0.5, 0.6) is 11.5 Å². The fourth-order valence-corrected chi connectivity index (χ4v) is 1.75. The topological polar surface area (TPSA) is 82.5 Å². The third kappa shape index (κ3) is 2.60. The molecule has 1 amide bonds. The first-order valence-corrected chi connectivity index (χ1v) is 5.81. The van der Waals surface area contributed by atoms with Crippen molar-refractivity contribution in [2.45, 2.75) is 0 Å². The molecular weight excluding hydrogens is 300 g/mol. The second-order valence-corrected chi connectivity index (χ2v) is 4.40. The molecule has 0 aliphatic heterocycles. The van der Waals surface area contributed by atoms with Crippen LogP contribution in [-0.2, 0) is 0 Å². The van der Waals surface area contributed by atoms with Crippen LogP contribution >= 0.6 is 15.9 Å². The van der Waals surface area contributed by atoms with Crippen LogP contribution in [0.15, 0.2) is 41.0 Å². The Hall–Kier alpha value is -2.08. The minimum Gasteiger partial charge on any atom is -0.507 e. The third-order valence-corrected chi connectivity index (χ3v) is 2.70. The normalized spacial score (nSPS) is 10.1. The highest BCUT2D eigenvalue weighted by Crippen LogP contribution is 2.27.